The lowest BCUT2D eigenvalue weighted by Crippen LogP contribution is -2.42. The minimum atomic E-state index is -0.478. The zero-order valence-electron chi connectivity index (χ0n) is 21.2. The van der Waals surface area contributed by atoms with E-state index in [0.717, 1.165) is 51.1 Å². The van der Waals surface area contributed by atoms with Crippen molar-refractivity contribution in [2.24, 2.45) is 0 Å². The molecule has 0 N–H and O–H groups in total. The lowest BCUT2D eigenvalue weighted by molar-refractivity contribution is 0.0164. The molecule has 2 aromatic carbocycles. The van der Waals surface area contributed by atoms with Gasteiger partial charge < -0.3 is 14.2 Å². The normalized spacial score (nSPS) is 16.1. The van der Waals surface area contributed by atoms with Crippen LogP contribution in [0.1, 0.15) is 55.0 Å². The molecule has 1 atom stereocenters. The first kappa shape index (κ1) is 26.4. The Bertz CT molecular complexity index is 1260. The van der Waals surface area contributed by atoms with E-state index in [1.807, 2.05) is 30.3 Å². The van der Waals surface area contributed by atoms with Crippen LogP contribution in [-0.4, -0.2) is 18.8 Å². The van der Waals surface area contributed by atoms with E-state index in [1.165, 1.54) is 11.1 Å². The van der Waals surface area contributed by atoms with Crippen molar-refractivity contribution in [2.45, 2.75) is 60.0 Å². The Morgan fingerprint density at radius 1 is 1.11 bits per heavy atom. The van der Waals surface area contributed by atoms with Crippen LogP contribution in [0.25, 0.3) is 6.08 Å². The highest BCUT2D eigenvalue weighted by molar-refractivity contribution is 9.10. The molecule has 5 nitrogen and oxygen atoms in total. The zero-order chi connectivity index (χ0) is 25.8. The average molecular weight is 535 g/mol. The third kappa shape index (κ3) is 6.08. The second-order valence-electron chi connectivity index (χ2n) is 9.42. The Balaban J connectivity index is 1.78. The average Bonchev–Trinajstić information content (AvgIpc) is 2.82. The van der Waals surface area contributed by atoms with Crippen LogP contribution >= 0.6 is 15.9 Å². The van der Waals surface area contributed by atoms with Crippen molar-refractivity contribution in [1.82, 2.24) is 0 Å². The Kier molecular flexibility index (Phi) is 8.30. The number of nitrogens with zero attached hydrogens (tertiary/aromatic N) is 2. The molecule has 0 fully saturated rings. The van der Waals surface area contributed by atoms with Crippen LogP contribution in [0.5, 0.6) is 17.2 Å². The highest BCUT2D eigenvalue weighted by Gasteiger charge is 2.35. The molecular weight excluding hydrogens is 504 g/mol. The summed E-state index contributed by atoms with van der Waals surface area (Å²) in [7, 11) is 0. The largest absolute Gasteiger partial charge is 0.489 e. The van der Waals surface area contributed by atoms with Crippen LogP contribution in [0, 0.1) is 43.4 Å². The van der Waals surface area contributed by atoms with Gasteiger partial charge in [0.25, 0.3) is 0 Å². The predicted molar refractivity (Wildman–Crippen MR) is 142 cm³/mol. The first-order valence-electron chi connectivity index (χ1n) is 11.6. The maximum atomic E-state index is 8.96. The van der Waals surface area contributed by atoms with Crippen molar-refractivity contribution < 1.29 is 14.2 Å². The molecular formula is C29H31BrN2O3. The molecule has 0 amide bonds. The molecule has 1 heterocycles. The van der Waals surface area contributed by atoms with Gasteiger partial charge in [-0.2, -0.15) is 10.5 Å². The molecule has 0 bridgehead atoms. The quantitative estimate of drug-likeness (QED) is 0.275. The summed E-state index contributed by atoms with van der Waals surface area (Å²) in [5.74, 6) is 2.57. The van der Waals surface area contributed by atoms with E-state index in [-0.39, 0.29) is 5.57 Å². The monoisotopic (exact) mass is 534 g/mol. The summed E-state index contributed by atoms with van der Waals surface area (Å²) in [4.78, 5) is 0. The second kappa shape index (κ2) is 11.0. The number of hydrogen-bond donors (Lipinski definition) is 0. The Morgan fingerprint density at radius 3 is 2.46 bits per heavy atom. The summed E-state index contributed by atoms with van der Waals surface area (Å²) < 4.78 is 19.6. The van der Waals surface area contributed by atoms with E-state index in [1.54, 1.807) is 6.08 Å². The molecule has 182 valence electrons. The second-order valence-corrected chi connectivity index (χ2v) is 10.3. The topological polar surface area (TPSA) is 75.3 Å². The predicted octanol–water partition coefficient (Wildman–Crippen LogP) is 7.31. The molecule has 0 spiro atoms. The van der Waals surface area contributed by atoms with Gasteiger partial charge in [-0.05, 0) is 117 Å². The number of halogens is 1. The van der Waals surface area contributed by atoms with E-state index < -0.39 is 5.60 Å². The van der Waals surface area contributed by atoms with Crippen LogP contribution in [0.15, 0.2) is 39.9 Å². The smallest absolute Gasteiger partial charge is 0.140 e. The summed E-state index contributed by atoms with van der Waals surface area (Å²) >= 11 is 3.54. The maximum absolute atomic E-state index is 8.96. The van der Waals surface area contributed by atoms with E-state index in [2.05, 4.69) is 63.5 Å². The van der Waals surface area contributed by atoms with Crippen LogP contribution in [0.4, 0.5) is 0 Å². The van der Waals surface area contributed by atoms with E-state index >= 15 is 0 Å². The zero-order valence-corrected chi connectivity index (χ0v) is 22.8. The minimum absolute atomic E-state index is 0.0545. The summed E-state index contributed by atoms with van der Waals surface area (Å²) in [6, 6.07) is 9.23. The van der Waals surface area contributed by atoms with Gasteiger partial charge in [-0.3, -0.25) is 0 Å². The fraction of sp³-hybridized carbons (Fsp3) is 0.379. The standard InChI is InChI=1S/C29H31BrN2O3/c1-18(2)10-12-33-27-19(3)20(4)28-24(21(27)5)9-11-29(6,35-28)17-34-26-8-7-22(14-25(26)30)13-23(15-31)16-32/h7-8,10,13-14H,9,11-12,17H2,1-6H3. The number of benzene rings is 2. The first-order valence-corrected chi connectivity index (χ1v) is 12.4. The lowest BCUT2D eigenvalue weighted by atomic mass is 9.87. The van der Waals surface area contributed by atoms with Crippen LogP contribution < -0.4 is 14.2 Å². The maximum Gasteiger partial charge on any atom is 0.140 e. The Hall–Kier alpha value is -3.22. The SMILES string of the molecule is CC(C)=CCOc1c(C)c(C)c2c(c1C)CCC(C)(COc1ccc(C=C(C#N)C#N)cc1Br)O2. The van der Waals surface area contributed by atoms with E-state index in [4.69, 9.17) is 24.7 Å². The molecule has 0 saturated carbocycles. The summed E-state index contributed by atoms with van der Waals surface area (Å²) in [6.07, 6.45) is 5.34. The number of hydrogen-bond acceptors (Lipinski definition) is 5. The Morgan fingerprint density at radius 2 is 1.83 bits per heavy atom. The number of ether oxygens (including phenoxy) is 3. The van der Waals surface area contributed by atoms with Crippen LogP contribution in [0.3, 0.4) is 0 Å². The molecule has 0 aliphatic carbocycles. The van der Waals surface area contributed by atoms with Crippen molar-refractivity contribution in [3.63, 3.8) is 0 Å². The molecule has 6 heteroatoms. The fourth-order valence-electron chi connectivity index (χ4n) is 4.10. The highest BCUT2D eigenvalue weighted by Crippen LogP contribution is 2.44. The van der Waals surface area contributed by atoms with Gasteiger partial charge in [0.05, 0.1) is 4.47 Å². The summed E-state index contributed by atoms with van der Waals surface area (Å²) in [5.41, 5.74) is 6.13. The molecule has 1 aliphatic rings. The summed E-state index contributed by atoms with van der Waals surface area (Å²) in [5, 5.41) is 17.9. The number of fused-ring (bicyclic) bond motifs is 1. The van der Waals surface area contributed by atoms with Gasteiger partial charge in [-0.25, -0.2) is 0 Å². The van der Waals surface area contributed by atoms with Crippen molar-refractivity contribution in [1.29, 1.82) is 10.5 Å². The van der Waals surface area contributed by atoms with E-state index in [9.17, 15) is 0 Å². The number of nitriles is 2. The van der Waals surface area contributed by atoms with Gasteiger partial charge in [0, 0.05) is 5.56 Å². The van der Waals surface area contributed by atoms with Crippen molar-refractivity contribution >= 4 is 22.0 Å². The van der Waals surface area contributed by atoms with Gasteiger partial charge in [0.2, 0.25) is 0 Å². The molecule has 35 heavy (non-hydrogen) atoms. The van der Waals surface area contributed by atoms with Crippen LogP contribution in [0.2, 0.25) is 0 Å². The van der Waals surface area contributed by atoms with Crippen molar-refractivity contribution in [2.75, 3.05) is 13.2 Å². The molecule has 0 aromatic heterocycles. The molecule has 3 rings (SSSR count). The van der Waals surface area contributed by atoms with Gasteiger partial charge in [0.1, 0.15) is 53.8 Å². The molecule has 0 saturated heterocycles. The minimum Gasteiger partial charge on any atom is -0.489 e. The lowest BCUT2D eigenvalue weighted by Gasteiger charge is -2.38. The third-order valence-electron chi connectivity index (χ3n) is 6.32. The molecule has 2 aromatic rings. The third-order valence-corrected chi connectivity index (χ3v) is 6.94. The summed E-state index contributed by atoms with van der Waals surface area (Å²) in [6.45, 7) is 13.5. The molecule has 1 aliphatic heterocycles. The Labute approximate surface area is 216 Å². The van der Waals surface area contributed by atoms with Gasteiger partial charge in [0.15, 0.2) is 0 Å². The molecule has 1 unspecified atom stereocenters. The number of allylic oxidation sites excluding steroid dienone is 2. The first-order chi connectivity index (χ1) is 16.6. The van der Waals surface area contributed by atoms with Crippen molar-refractivity contribution in [3.8, 4) is 29.4 Å². The highest BCUT2D eigenvalue weighted by atomic mass is 79.9. The molecule has 0 radical (unpaired) electrons. The number of rotatable bonds is 7. The van der Waals surface area contributed by atoms with Gasteiger partial charge >= 0.3 is 0 Å². The van der Waals surface area contributed by atoms with Crippen molar-refractivity contribution in [3.05, 3.63) is 67.7 Å². The van der Waals surface area contributed by atoms with Crippen LogP contribution in [-0.2, 0) is 6.42 Å². The van der Waals surface area contributed by atoms with E-state index in [0.29, 0.717) is 19.0 Å². The van der Waals surface area contributed by atoms with Gasteiger partial charge in [-0.15, -0.1) is 0 Å². The van der Waals surface area contributed by atoms with Gasteiger partial charge in [-0.1, -0.05) is 11.6 Å². The fourth-order valence-corrected chi connectivity index (χ4v) is 4.61.